The van der Waals surface area contributed by atoms with E-state index in [9.17, 15) is 4.79 Å². The number of pyridine rings is 1. The van der Waals surface area contributed by atoms with E-state index < -0.39 is 5.97 Å². The zero-order chi connectivity index (χ0) is 18.0. The van der Waals surface area contributed by atoms with Gasteiger partial charge in [-0.05, 0) is 31.0 Å². The second-order valence-electron chi connectivity index (χ2n) is 5.93. The molecular formula is C17H17Cl3N2O3. The van der Waals surface area contributed by atoms with Gasteiger partial charge >= 0.3 is 5.97 Å². The summed E-state index contributed by atoms with van der Waals surface area (Å²) in [7, 11) is 0. The molecule has 1 unspecified atom stereocenters. The first-order valence-electron chi connectivity index (χ1n) is 7.98. The van der Waals surface area contributed by atoms with E-state index in [0.717, 1.165) is 30.6 Å². The van der Waals surface area contributed by atoms with Crippen molar-refractivity contribution in [2.75, 3.05) is 24.7 Å². The normalized spacial score (nSPS) is 17.4. The minimum Gasteiger partial charge on any atom is -0.481 e. The molecule has 2 heterocycles. The highest BCUT2D eigenvalue weighted by atomic mass is 35.5. The molecule has 0 amide bonds. The summed E-state index contributed by atoms with van der Waals surface area (Å²) in [5, 5.41) is 10.8. The number of nitrogens with zero attached hydrogens (tertiary/aromatic N) is 2. The molecule has 1 aliphatic heterocycles. The van der Waals surface area contributed by atoms with Crippen molar-refractivity contribution in [3.63, 3.8) is 0 Å². The van der Waals surface area contributed by atoms with Crippen LogP contribution in [-0.4, -0.2) is 41.9 Å². The van der Waals surface area contributed by atoms with Gasteiger partial charge in [0.1, 0.15) is 5.82 Å². The number of ether oxygens (including phenoxy) is 1. The molecule has 134 valence electrons. The van der Waals surface area contributed by atoms with Crippen LogP contribution in [0.15, 0.2) is 18.2 Å². The van der Waals surface area contributed by atoms with Crippen molar-refractivity contribution in [1.82, 2.24) is 4.98 Å². The lowest BCUT2D eigenvalue weighted by molar-refractivity contribution is -0.138. The second kappa shape index (κ2) is 7.96. The van der Waals surface area contributed by atoms with Crippen LogP contribution in [0.5, 0.6) is 0 Å². The highest BCUT2D eigenvalue weighted by molar-refractivity contribution is 6.46. The van der Waals surface area contributed by atoms with Gasteiger partial charge < -0.3 is 14.7 Å². The Labute approximate surface area is 160 Å². The molecule has 1 aliphatic rings. The van der Waals surface area contributed by atoms with Crippen LogP contribution in [0, 0.1) is 0 Å². The SMILES string of the molecule is O=C(O)CCOCC1CCCN1c1cc(Cl)c2ccc(Cl)c(Cl)c2n1. The molecule has 25 heavy (non-hydrogen) atoms. The number of carbonyl (C=O) groups is 1. The number of hydrogen-bond donors (Lipinski definition) is 1. The van der Waals surface area contributed by atoms with Gasteiger partial charge in [-0.25, -0.2) is 4.98 Å². The molecule has 0 saturated carbocycles. The fourth-order valence-corrected chi connectivity index (χ4v) is 3.63. The standard InChI is InChI=1S/C17H17Cl3N2O3/c18-12-4-3-11-13(19)8-14(21-17(11)16(12)20)22-6-1-2-10(22)9-25-7-5-15(23)24/h3-4,8,10H,1-2,5-7,9H2,(H,23,24). The van der Waals surface area contributed by atoms with Crippen LogP contribution in [-0.2, 0) is 9.53 Å². The topological polar surface area (TPSA) is 62.7 Å². The van der Waals surface area contributed by atoms with Crippen LogP contribution in [0.4, 0.5) is 5.82 Å². The molecule has 1 N–H and O–H groups in total. The Morgan fingerprint density at radius 3 is 2.88 bits per heavy atom. The van der Waals surface area contributed by atoms with Crippen molar-refractivity contribution in [3.05, 3.63) is 33.3 Å². The molecule has 3 rings (SSSR count). The van der Waals surface area contributed by atoms with Crippen LogP contribution in [0.1, 0.15) is 19.3 Å². The first-order chi connectivity index (χ1) is 12.0. The number of halogens is 3. The summed E-state index contributed by atoms with van der Waals surface area (Å²) in [6.45, 7) is 1.49. The fraction of sp³-hybridized carbons (Fsp3) is 0.412. The molecule has 2 aromatic rings. The minimum absolute atomic E-state index is 0.000873. The van der Waals surface area contributed by atoms with Crippen molar-refractivity contribution in [3.8, 4) is 0 Å². The summed E-state index contributed by atoms with van der Waals surface area (Å²) in [5.74, 6) is -0.135. The van der Waals surface area contributed by atoms with E-state index in [-0.39, 0.29) is 19.1 Å². The monoisotopic (exact) mass is 402 g/mol. The van der Waals surface area contributed by atoms with Crippen molar-refractivity contribution in [2.24, 2.45) is 0 Å². The Hall–Kier alpha value is -1.27. The molecule has 1 atom stereocenters. The molecule has 1 saturated heterocycles. The minimum atomic E-state index is -0.863. The van der Waals surface area contributed by atoms with Gasteiger partial charge in [-0.1, -0.05) is 34.8 Å². The summed E-state index contributed by atoms with van der Waals surface area (Å²) in [4.78, 5) is 17.4. The Morgan fingerprint density at radius 2 is 2.12 bits per heavy atom. The number of aliphatic carboxylic acids is 1. The zero-order valence-corrected chi connectivity index (χ0v) is 15.6. The number of carboxylic acids is 1. The van der Waals surface area contributed by atoms with Gasteiger partial charge in [0.05, 0.1) is 46.3 Å². The van der Waals surface area contributed by atoms with Crippen molar-refractivity contribution in [2.45, 2.75) is 25.3 Å². The Balaban J connectivity index is 1.82. The first-order valence-corrected chi connectivity index (χ1v) is 9.11. The fourth-order valence-electron chi connectivity index (χ4n) is 3.02. The lowest BCUT2D eigenvalue weighted by Gasteiger charge is -2.26. The summed E-state index contributed by atoms with van der Waals surface area (Å²) < 4.78 is 5.51. The van der Waals surface area contributed by atoms with Crippen LogP contribution >= 0.6 is 34.8 Å². The number of benzene rings is 1. The highest BCUT2D eigenvalue weighted by Gasteiger charge is 2.27. The average molecular weight is 404 g/mol. The third-order valence-corrected chi connectivity index (χ3v) is 5.36. The summed E-state index contributed by atoms with van der Waals surface area (Å²) >= 11 is 18.8. The van der Waals surface area contributed by atoms with E-state index >= 15 is 0 Å². The smallest absolute Gasteiger partial charge is 0.305 e. The number of hydrogen-bond acceptors (Lipinski definition) is 4. The number of carboxylic acid groups (broad SMARTS) is 1. The Kier molecular flexibility index (Phi) is 5.89. The van der Waals surface area contributed by atoms with Crippen LogP contribution < -0.4 is 4.90 Å². The van der Waals surface area contributed by atoms with E-state index in [1.54, 1.807) is 12.1 Å². The number of rotatable bonds is 6. The van der Waals surface area contributed by atoms with Gasteiger partial charge in [-0.2, -0.15) is 0 Å². The van der Waals surface area contributed by atoms with Crippen molar-refractivity contribution >= 4 is 57.5 Å². The lowest BCUT2D eigenvalue weighted by Crippen LogP contribution is -2.34. The van der Waals surface area contributed by atoms with Crippen LogP contribution in [0.3, 0.4) is 0 Å². The third kappa shape index (κ3) is 4.11. The van der Waals surface area contributed by atoms with E-state index in [0.29, 0.717) is 27.2 Å². The zero-order valence-electron chi connectivity index (χ0n) is 13.3. The molecule has 8 heteroatoms. The molecule has 0 spiro atoms. The Bertz CT molecular complexity index is 800. The summed E-state index contributed by atoms with van der Waals surface area (Å²) in [5.41, 5.74) is 0.578. The third-order valence-electron chi connectivity index (χ3n) is 4.25. The van der Waals surface area contributed by atoms with E-state index in [4.69, 9.17) is 44.6 Å². The van der Waals surface area contributed by atoms with Gasteiger partial charge in [0.25, 0.3) is 0 Å². The Morgan fingerprint density at radius 1 is 1.32 bits per heavy atom. The van der Waals surface area contributed by atoms with Gasteiger partial charge in [-0.3, -0.25) is 4.79 Å². The predicted molar refractivity (Wildman–Crippen MR) is 100 cm³/mol. The molecule has 1 fully saturated rings. The van der Waals surface area contributed by atoms with Crippen molar-refractivity contribution < 1.29 is 14.6 Å². The average Bonchev–Trinajstić information content (AvgIpc) is 3.03. The molecular weight excluding hydrogens is 387 g/mol. The second-order valence-corrected chi connectivity index (χ2v) is 7.12. The molecule has 1 aromatic carbocycles. The molecule has 0 radical (unpaired) electrons. The van der Waals surface area contributed by atoms with Gasteiger partial charge in [-0.15, -0.1) is 0 Å². The van der Waals surface area contributed by atoms with E-state index in [1.165, 1.54) is 0 Å². The maximum atomic E-state index is 10.6. The molecule has 0 aliphatic carbocycles. The highest BCUT2D eigenvalue weighted by Crippen LogP contribution is 2.36. The molecule has 5 nitrogen and oxygen atoms in total. The maximum absolute atomic E-state index is 10.6. The number of fused-ring (bicyclic) bond motifs is 1. The largest absolute Gasteiger partial charge is 0.481 e. The lowest BCUT2D eigenvalue weighted by atomic mass is 10.2. The van der Waals surface area contributed by atoms with E-state index in [2.05, 4.69) is 9.88 Å². The quantitative estimate of drug-likeness (QED) is 0.711. The van der Waals surface area contributed by atoms with Gasteiger partial charge in [0.2, 0.25) is 0 Å². The number of anilines is 1. The number of aromatic nitrogens is 1. The van der Waals surface area contributed by atoms with E-state index in [1.807, 2.05) is 6.07 Å². The van der Waals surface area contributed by atoms with Gasteiger partial charge in [0, 0.05) is 11.9 Å². The van der Waals surface area contributed by atoms with Crippen LogP contribution in [0.25, 0.3) is 10.9 Å². The molecule has 1 aromatic heterocycles. The first kappa shape index (κ1) is 18.5. The summed E-state index contributed by atoms with van der Waals surface area (Å²) in [6.07, 6.45) is 1.96. The molecule has 0 bridgehead atoms. The summed E-state index contributed by atoms with van der Waals surface area (Å²) in [6, 6.07) is 5.46. The van der Waals surface area contributed by atoms with Gasteiger partial charge in [0.15, 0.2) is 0 Å². The predicted octanol–water partition coefficient (Wildman–Crippen LogP) is 4.66. The van der Waals surface area contributed by atoms with Crippen molar-refractivity contribution in [1.29, 1.82) is 0 Å². The maximum Gasteiger partial charge on any atom is 0.305 e. The van der Waals surface area contributed by atoms with Crippen LogP contribution in [0.2, 0.25) is 15.1 Å².